The van der Waals surface area contributed by atoms with Crippen molar-refractivity contribution in [2.24, 2.45) is 0 Å². The Hall–Kier alpha value is -2.08. The maximum absolute atomic E-state index is 12.4. The molecule has 0 aliphatic rings. The molecular weight excluding hydrogens is 401 g/mol. The largest absolute Gasteiger partial charge is 0.492 e. The molecule has 0 fully saturated rings. The van der Waals surface area contributed by atoms with Crippen LogP contribution in [0.2, 0.25) is 0 Å². The second-order valence-electron chi connectivity index (χ2n) is 5.06. The molecule has 0 unspecified atom stereocenters. The molecule has 23 heavy (non-hydrogen) atoms. The van der Waals surface area contributed by atoms with Crippen LogP contribution >= 0.6 is 22.6 Å². The van der Waals surface area contributed by atoms with E-state index >= 15 is 0 Å². The lowest BCUT2D eigenvalue weighted by molar-refractivity contribution is 0.104. The van der Waals surface area contributed by atoms with E-state index in [1.807, 2.05) is 54.7 Å². The average molecular weight is 417 g/mol. The van der Waals surface area contributed by atoms with Crippen LogP contribution in [-0.2, 0) is 0 Å². The zero-order valence-electron chi connectivity index (χ0n) is 12.5. The van der Waals surface area contributed by atoms with Gasteiger partial charge in [0.15, 0.2) is 5.78 Å². The first kappa shape index (κ1) is 15.8. The zero-order chi connectivity index (χ0) is 16.1. The molecule has 3 aromatic rings. The van der Waals surface area contributed by atoms with E-state index in [4.69, 9.17) is 4.74 Å². The lowest BCUT2D eigenvalue weighted by Gasteiger charge is -2.07. The molecule has 0 spiro atoms. The summed E-state index contributed by atoms with van der Waals surface area (Å²) in [4.78, 5) is 15.6. The minimum Gasteiger partial charge on any atom is -0.492 e. The number of carbonyl (C=O) groups excluding carboxylic acids is 1. The molecule has 116 valence electrons. The van der Waals surface area contributed by atoms with E-state index in [-0.39, 0.29) is 5.78 Å². The van der Waals surface area contributed by atoms with Gasteiger partial charge >= 0.3 is 0 Å². The Morgan fingerprint density at radius 2 is 2.04 bits per heavy atom. The number of benzene rings is 2. The second kappa shape index (κ2) is 7.46. The topological polar surface area (TPSA) is 42.1 Å². The van der Waals surface area contributed by atoms with Crippen molar-refractivity contribution in [3.05, 3.63) is 71.9 Å². The third-order valence-corrected chi connectivity index (χ3v) is 3.93. The molecule has 2 aromatic carbocycles. The molecule has 0 amide bonds. The highest BCUT2D eigenvalue weighted by Crippen LogP contribution is 2.20. The number of rotatable bonds is 6. The third-order valence-electron chi connectivity index (χ3n) is 3.49. The number of alkyl halides is 1. The molecule has 1 heterocycles. The molecule has 0 bridgehead atoms. The van der Waals surface area contributed by atoms with Gasteiger partial charge in [-0.25, -0.2) is 0 Å². The molecule has 0 aliphatic heterocycles. The molecule has 0 saturated carbocycles. The van der Waals surface area contributed by atoms with Crippen molar-refractivity contribution in [3.63, 3.8) is 0 Å². The predicted molar refractivity (Wildman–Crippen MR) is 102 cm³/mol. The Labute approximate surface area is 148 Å². The fraction of sp³-hybridized carbons (Fsp3) is 0.105. The van der Waals surface area contributed by atoms with Crippen molar-refractivity contribution in [1.82, 2.24) is 4.98 Å². The lowest BCUT2D eigenvalue weighted by Crippen LogP contribution is -2.03. The molecule has 0 radical (unpaired) electrons. The number of H-pyrrole nitrogens is 1. The molecule has 3 rings (SSSR count). The standard InChI is InChI=1S/C19H16INO2/c20-10-12-23-19-4-2-1-3-16(19)18(22)8-6-14-5-7-17-15(13-14)9-11-21-17/h1-9,11,13,21H,10,12H2/b8-6+. The quantitative estimate of drug-likeness (QED) is 0.269. The van der Waals surface area contributed by atoms with Gasteiger partial charge in [-0.05, 0) is 47.4 Å². The first-order valence-electron chi connectivity index (χ1n) is 7.35. The van der Waals surface area contributed by atoms with Crippen molar-refractivity contribution in [2.75, 3.05) is 11.0 Å². The van der Waals surface area contributed by atoms with Crippen molar-refractivity contribution in [1.29, 1.82) is 0 Å². The minimum absolute atomic E-state index is 0.0526. The maximum atomic E-state index is 12.4. The summed E-state index contributed by atoms with van der Waals surface area (Å²) in [5.74, 6) is 0.586. The highest BCUT2D eigenvalue weighted by atomic mass is 127. The molecule has 0 atom stereocenters. The summed E-state index contributed by atoms with van der Waals surface area (Å²) < 4.78 is 6.52. The molecule has 0 aliphatic carbocycles. The number of halogens is 1. The minimum atomic E-state index is -0.0526. The average Bonchev–Trinajstić information content (AvgIpc) is 3.05. The Morgan fingerprint density at radius 3 is 2.91 bits per heavy atom. The van der Waals surface area contributed by atoms with Crippen molar-refractivity contribution in [3.8, 4) is 5.75 Å². The molecule has 1 N–H and O–H groups in total. The van der Waals surface area contributed by atoms with E-state index in [9.17, 15) is 4.79 Å². The first-order chi connectivity index (χ1) is 11.3. The van der Waals surface area contributed by atoms with Crippen LogP contribution in [0.4, 0.5) is 0 Å². The first-order valence-corrected chi connectivity index (χ1v) is 8.88. The molecular formula is C19H16INO2. The van der Waals surface area contributed by atoms with Crippen molar-refractivity contribution in [2.45, 2.75) is 0 Å². The Kier molecular flexibility index (Phi) is 5.12. The van der Waals surface area contributed by atoms with Crippen LogP contribution in [-0.4, -0.2) is 21.8 Å². The van der Waals surface area contributed by atoms with E-state index < -0.39 is 0 Å². The fourth-order valence-corrected chi connectivity index (χ4v) is 2.60. The van der Waals surface area contributed by atoms with E-state index in [1.165, 1.54) is 0 Å². The van der Waals surface area contributed by atoms with Gasteiger partial charge in [0.05, 0.1) is 12.2 Å². The zero-order valence-corrected chi connectivity index (χ0v) is 14.6. The predicted octanol–water partition coefficient (Wildman–Crippen LogP) is 4.88. The van der Waals surface area contributed by atoms with Crippen LogP contribution in [0.1, 0.15) is 15.9 Å². The Bertz CT molecular complexity index is 851. The summed E-state index contributed by atoms with van der Waals surface area (Å²) >= 11 is 2.25. The van der Waals surface area contributed by atoms with Gasteiger partial charge in [0.2, 0.25) is 0 Å². The van der Waals surface area contributed by atoms with Crippen molar-refractivity contribution < 1.29 is 9.53 Å². The van der Waals surface area contributed by atoms with E-state index in [0.717, 1.165) is 20.9 Å². The highest BCUT2D eigenvalue weighted by molar-refractivity contribution is 14.1. The summed E-state index contributed by atoms with van der Waals surface area (Å²) in [6, 6.07) is 15.4. The number of para-hydroxylation sites is 1. The summed E-state index contributed by atoms with van der Waals surface area (Å²) in [7, 11) is 0. The molecule has 3 nitrogen and oxygen atoms in total. The SMILES string of the molecule is O=C(/C=C/c1ccc2[nH]ccc2c1)c1ccccc1OCCI. The summed E-state index contributed by atoms with van der Waals surface area (Å²) in [6.07, 6.45) is 5.34. The normalized spacial score (nSPS) is 11.2. The van der Waals surface area contributed by atoms with Gasteiger partial charge in [-0.2, -0.15) is 0 Å². The number of ketones is 1. The van der Waals surface area contributed by atoms with Crippen LogP contribution in [0.15, 0.2) is 60.8 Å². The number of ether oxygens (including phenoxy) is 1. The number of carbonyl (C=O) groups is 1. The van der Waals surface area contributed by atoms with Gasteiger partial charge in [-0.1, -0.05) is 46.9 Å². The summed E-state index contributed by atoms with van der Waals surface area (Å²) in [5, 5.41) is 1.13. The molecule has 0 saturated heterocycles. The van der Waals surface area contributed by atoms with E-state index in [0.29, 0.717) is 17.9 Å². The van der Waals surface area contributed by atoms with Gasteiger partial charge in [-0.15, -0.1) is 0 Å². The van der Waals surface area contributed by atoms with Crippen molar-refractivity contribution >= 4 is 45.4 Å². The number of hydrogen-bond acceptors (Lipinski definition) is 2. The Balaban J connectivity index is 1.80. The van der Waals surface area contributed by atoms with Crippen LogP contribution < -0.4 is 4.74 Å². The van der Waals surface area contributed by atoms with E-state index in [1.54, 1.807) is 12.1 Å². The number of aromatic nitrogens is 1. The van der Waals surface area contributed by atoms with Crippen LogP contribution in [0, 0.1) is 0 Å². The number of fused-ring (bicyclic) bond motifs is 1. The van der Waals surface area contributed by atoms with Gasteiger partial charge in [0.25, 0.3) is 0 Å². The van der Waals surface area contributed by atoms with Gasteiger partial charge in [-0.3, -0.25) is 4.79 Å². The number of allylic oxidation sites excluding steroid dienone is 1. The smallest absolute Gasteiger partial charge is 0.189 e. The number of aromatic amines is 1. The third kappa shape index (κ3) is 3.82. The number of nitrogens with one attached hydrogen (secondary N) is 1. The van der Waals surface area contributed by atoms with E-state index in [2.05, 4.69) is 27.6 Å². The molecule has 4 heteroatoms. The van der Waals surface area contributed by atoms with Crippen LogP contribution in [0.3, 0.4) is 0 Å². The molecule has 1 aromatic heterocycles. The maximum Gasteiger partial charge on any atom is 0.189 e. The van der Waals surface area contributed by atoms with Crippen LogP contribution in [0.25, 0.3) is 17.0 Å². The van der Waals surface area contributed by atoms with Crippen LogP contribution in [0.5, 0.6) is 5.75 Å². The fourth-order valence-electron chi connectivity index (χ4n) is 2.38. The highest BCUT2D eigenvalue weighted by Gasteiger charge is 2.09. The van der Waals surface area contributed by atoms with Gasteiger partial charge < -0.3 is 9.72 Å². The lowest BCUT2D eigenvalue weighted by atomic mass is 10.1. The Morgan fingerprint density at radius 1 is 1.17 bits per heavy atom. The summed E-state index contributed by atoms with van der Waals surface area (Å²) in [6.45, 7) is 0.596. The second-order valence-corrected chi connectivity index (χ2v) is 6.13. The number of hydrogen-bond donors (Lipinski definition) is 1. The van der Waals surface area contributed by atoms with Gasteiger partial charge in [0, 0.05) is 16.1 Å². The van der Waals surface area contributed by atoms with Gasteiger partial charge in [0.1, 0.15) is 5.75 Å². The monoisotopic (exact) mass is 417 g/mol. The summed E-state index contributed by atoms with van der Waals surface area (Å²) in [5.41, 5.74) is 2.68.